The van der Waals surface area contributed by atoms with Crippen LogP contribution in [-0.4, -0.2) is 23.6 Å². The van der Waals surface area contributed by atoms with E-state index in [9.17, 15) is 0 Å². The van der Waals surface area contributed by atoms with Crippen LogP contribution in [0.2, 0.25) is 0 Å². The van der Waals surface area contributed by atoms with Crippen LogP contribution >= 0.6 is 0 Å². The van der Waals surface area contributed by atoms with Crippen LogP contribution in [-0.2, 0) is 4.74 Å². The maximum Gasteiger partial charge on any atom is 0.106 e. The van der Waals surface area contributed by atoms with Gasteiger partial charge in [0.25, 0.3) is 0 Å². The molecule has 0 aliphatic heterocycles. The number of hydrogen-bond donors (Lipinski definition) is 1. The Hall–Kier alpha value is -0.570. The first-order chi connectivity index (χ1) is 4.73. The van der Waals surface area contributed by atoms with E-state index in [2.05, 4.69) is 5.16 Å². The standard InChI is InChI=1S/C7H13NO2/c1-7(10-2)5-3-4-6(7)8-9/h9H,3-5H2,1-2H3. The van der Waals surface area contributed by atoms with Gasteiger partial charge in [0.1, 0.15) is 5.60 Å². The predicted molar refractivity (Wildman–Crippen MR) is 38.5 cm³/mol. The van der Waals surface area contributed by atoms with Crippen LogP contribution in [0.4, 0.5) is 0 Å². The van der Waals surface area contributed by atoms with Gasteiger partial charge >= 0.3 is 0 Å². The fourth-order valence-corrected chi connectivity index (χ4v) is 1.38. The number of rotatable bonds is 1. The first-order valence-electron chi connectivity index (χ1n) is 3.49. The summed E-state index contributed by atoms with van der Waals surface area (Å²) >= 11 is 0. The third kappa shape index (κ3) is 1.01. The second-order valence-corrected chi connectivity index (χ2v) is 2.84. The van der Waals surface area contributed by atoms with Crippen LogP contribution < -0.4 is 0 Å². The molecule has 0 spiro atoms. The molecule has 1 atom stereocenters. The largest absolute Gasteiger partial charge is 0.411 e. The molecule has 1 unspecified atom stereocenters. The summed E-state index contributed by atoms with van der Waals surface area (Å²) < 4.78 is 5.21. The Kier molecular flexibility index (Phi) is 1.94. The number of oxime groups is 1. The molecule has 3 heteroatoms. The Balaban J connectivity index is 2.75. The molecule has 0 amide bonds. The minimum absolute atomic E-state index is 0.297. The van der Waals surface area contributed by atoms with Gasteiger partial charge in [-0.05, 0) is 26.2 Å². The first kappa shape index (κ1) is 7.54. The number of ether oxygens (including phenoxy) is 1. The third-order valence-corrected chi connectivity index (χ3v) is 2.25. The fourth-order valence-electron chi connectivity index (χ4n) is 1.38. The Labute approximate surface area is 60.7 Å². The molecule has 58 valence electrons. The van der Waals surface area contributed by atoms with Crippen molar-refractivity contribution in [3.8, 4) is 0 Å². The van der Waals surface area contributed by atoms with Crippen molar-refractivity contribution in [2.24, 2.45) is 5.16 Å². The molecular formula is C7H13NO2. The fraction of sp³-hybridized carbons (Fsp3) is 0.857. The Morgan fingerprint density at radius 3 is 2.80 bits per heavy atom. The highest BCUT2D eigenvalue weighted by Crippen LogP contribution is 2.29. The Morgan fingerprint density at radius 1 is 1.70 bits per heavy atom. The minimum Gasteiger partial charge on any atom is -0.411 e. The summed E-state index contributed by atoms with van der Waals surface area (Å²) in [6.45, 7) is 1.95. The van der Waals surface area contributed by atoms with Crippen molar-refractivity contribution in [1.82, 2.24) is 0 Å². The molecule has 0 heterocycles. The van der Waals surface area contributed by atoms with Crippen molar-refractivity contribution < 1.29 is 9.94 Å². The Morgan fingerprint density at radius 2 is 2.40 bits per heavy atom. The second kappa shape index (κ2) is 2.58. The van der Waals surface area contributed by atoms with Crippen LogP contribution in [0.5, 0.6) is 0 Å². The highest BCUT2D eigenvalue weighted by molar-refractivity contribution is 5.93. The SMILES string of the molecule is COC1(C)CCCC1=NO. The molecule has 0 aromatic carbocycles. The first-order valence-corrected chi connectivity index (χ1v) is 3.49. The van der Waals surface area contributed by atoms with Crippen LogP contribution in [0.3, 0.4) is 0 Å². The van der Waals surface area contributed by atoms with Crippen LogP contribution in [0.1, 0.15) is 26.2 Å². The molecular weight excluding hydrogens is 130 g/mol. The molecule has 1 fully saturated rings. The molecule has 10 heavy (non-hydrogen) atoms. The molecule has 0 aromatic heterocycles. The lowest BCUT2D eigenvalue weighted by Gasteiger charge is -2.21. The van der Waals surface area contributed by atoms with Crippen molar-refractivity contribution in [1.29, 1.82) is 0 Å². The van der Waals surface area contributed by atoms with Gasteiger partial charge in [-0.15, -0.1) is 0 Å². The average molecular weight is 143 g/mol. The van der Waals surface area contributed by atoms with Crippen LogP contribution in [0.25, 0.3) is 0 Å². The quantitative estimate of drug-likeness (QED) is 0.445. The van der Waals surface area contributed by atoms with Gasteiger partial charge in [0.05, 0.1) is 5.71 Å². The molecule has 0 radical (unpaired) electrons. The third-order valence-electron chi connectivity index (χ3n) is 2.25. The predicted octanol–water partition coefficient (Wildman–Crippen LogP) is 1.41. The van der Waals surface area contributed by atoms with E-state index in [-0.39, 0.29) is 5.60 Å². The molecule has 1 aliphatic carbocycles. The normalized spacial score (nSPS) is 37.2. The molecule has 1 N–H and O–H groups in total. The van der Waals surface area contributed by atoms with Gasteiger partial charge in [-0.1, -0.05) is 5.16 Å². The van der Waals surface area contributed by atoms with Gasteiger partial charge in [-0.25, -0.2) is 0 Å². The summed E-state index contributed by atoms with van der Waals surface area (Å²) in [4.78, 5) is 0. The van der Waals surface area contributed by atoms with Crippen LogP contribution in [0, 0.1) is 0 Å². The summed E-state index contributed by atoms with van der Waals surface area (Å²) in [6, 6.07) is 0. The van der Waals surface area contributed by atoms with Gasteiger partial charge in [-0.3, -0.25) is 0 Å². The van der Waals surface area contributed by atoms with Crippen LogP contribution in [0.15, 0.2) is 5.16 Å². The lowest BCUT2D eigenvalue weighted by Crippen LogP contribution is -2.31. The van der Waals surface area contributed by atoms with Crippen molar-refractivity contribution in [3.05, 3.63) is 0 Å². The highest BCUT2D eigenvalue weighted by atomic mass is 16.5. The maximum atomic E-state index is 8.54. The summed E-state index contributed by atoms with van der Waals surface area (Å²) in [5.74, 6) is 0. The van der Waals surface area contributed by atoms with E-state index < -0.39 is 0 Å². The van der Waals surface area contributed by atoms with E-state index in [0.717, 1.165) is 25.0 Å². The lowest BCUT2D eigenvalue weighted by molar-refractivity contribution is 0.0648. The maximum absolute atomic E-state index is 8.54. The minimum atomic E-state index is -0.297. The number of nitrogens with zero attached hydrogens (tertiary/aromatic N) is 1. The van der Waals surface area contributed by atoms with Crippen molar-refractivity contribution in [2.75, 3.05) is 7.11 Å². The van der Waals surface area contributed by atoms with Crippen molar-refractivity contribution >= 4 is 5.71 Å². The Bertz CT molecular complexity index is 156. The zero-order valence-electron chi connectivity index (χ0n) is 6.42. The van der Waals surface area contributed by atoms with Crippen molar-refractivity contribution in [3.63, 3.8) is 0 Å². The summed E-state index contributed by atoms with van der Waals surface area (Å²) in [5.41, 5.74) is 0.476. The molecule has 0 bridgehead atoms. The lowest BCUT2D eigenvalue weighted by atomic mass is 10.0. The highest BCUT2D eigenvalue weighted by Gasteiger charge is 2.35. The topological polar surface area (TPSA) is 41.8 Å². The van der Waals surface area contributed by atoms with E-state index in [1.165, 1.54) is 0 Å². The number of hydrogen-bond acceptors (Lipinski definition) is 3. The monoisotopic (exact) mass is 143 g/mol. The average Bonchev–Trinajstić information content (AvgIpc) is 2.32. The van der Waals surface area contributed by atoms with Gasteiger partial charge in [0.15, 0.2) is 0 Å². The zero-order chi connectivity index (χ0) is 7.61. The van der Waals surface area contributed by atoms with Gasteiger partial charge in [0.2, 0.25) is 0 Å². The molecule has 1 saturated carbocycles. The molecule has 3 nitrogen and oxygen atoms in total. The van der Waals surface area contributed by atoms with Gasteiger partial charge in [-0.2, -0.15) is 0 Å². The van der Waals surface area contributed by atoms with Gasteiger partial charge in [0, 0.05) is 7.11 Å². The molecule has 0 saturated heterocycles. The zero-order valence-corrected chi connectivity index (χ0v) is 6.42. The second-order valence-electron chi connectivity index (χ2n) is 2.84. The summed E-state index contributed by atoms with van der Waals surface area (Å²) in [6.07, 6.45) is 2.88. The molecule has 1 rings (SSSR count). The summed E-state index contributed by atoms with van der Waals surface area (Å²) in [7, 11) is 1.65. The van der Waals surface area contributed by atoms with E-state index in [1.807, 2.05) is 6.92 Å². The van der Waals surface area contributed by atoms with E-state index in [1.54, 1.807) is 7.11 Å². The van der Waals surface area contributed by atoms with E-state index >= 15 is 0 Å². The van der Waals surface area contributed by atoms with Gasteiger partial charge < -0.3 is 9.94 Å². The smallest absolute Gasteiger partial charge is 0.106 e. The van der Waals surface area contributed by atoms with E-state index in [4.69, 9.17) is 9.94 Å². The summed E-state index contributed by atoms with van der Waals surface area (Å²) in [5, 5.41) is 11.7. The van der Waals surface area contributed by atoms with Crippen molar-refractivity contribution in [2.45, 2.75) is 31.8 Å². The molecule has 1 aliphatic rings. The molecule has 0 aromatic rings. The number of methoxy groups -OCH3 is 1. The van der Waals surface area contributed by atoms with E-state index in [0.29, 0.717) is 0 Å².